The number of rotatable bonds is 6. The van der Waals surface area contributed by atoms with Crippen molar-refractivity contribution in [2.45, 2.75) is 19.6 Å². The molecule has 3 rings (SSSR count). The molecule has 0 aliphatic carbocycles. The van der Waals surface area contributed by atoms with Gasteiger partial charge in [-0.1, -0.05) is 91.0 Å². The molecule has 6 nitrogen and oxygen atoms in total. The van der Waals surface area contributed by atoms with Crippen LogP contribution >= 0.6 is 8.60 Å². The predicted octanol–water partition coefficient (Wildman–Crippen LogP) is 2.97. The summed E-state index contributed by atoms with van der Waals surface area (Å²) in [6.07, 6.45) is 0. The van der Waals surface area contributed by atoms with Crippen LogP contribution in [-0.4, -0.2) is 76.9 Å². The number of nitrogens with zero attached hydrogens (tertiary/aromatic N) is 3. The Labute approximate surface area is 227 Å². The van der Waals surface area contributed by atoms with Gasteiger partial charge in [-0.3, -0.25) is 0 Å². The zero-order valence-electron chi connectivity index (χ0n) is 24.3. The lowest BCUT2D eigenvalue weighted by Crippen LogP contribution is -2.33. The maximum atomic E-state index is 8.48. The molecule has 0 aromatic heterocycles. The van der Waals surface area contributed by atoms with E-state index in [4.69, 9.17) is 14.7 Å². The fourth-order valence-electron chi connectivity index (χ4n) is 3.39. The van der Waals surface area contributed by atoms with E-state index >= 15 is 0 Å². The van der Waals surface area contributed by atoms with Gasteiger partial charge in [-0.25, -0.2) is 0 Å². The minimum absolute atomic E-state index is 0.990. The smallest absolute Gasteiger partial charge is 0.104 e. The summed E-state index contributed by atoms with van der Waals surface area (Å²) in [5, 5.41) is 0. The topological polar surface area (TPSA) is 69.2 Å². The Hall–Kier alpha value is -2.15. The molecular weight excluding hydrogens is 481 g/mol. The highest BCUT2D eigenvalue weighted by molar-refractivity contribution is 7.33. The number of benzene rings is 3. The van der Waals surface area contributed by atoms with Crippen molar-refractivity contribution in [1.29, 1.82) is 0 Å². The van der Waals surface area contributed by atoms with Crippen molar-refractivity contribution in [2.75, 3.05) is 63.4 Å². The highest BCUT2D eigenvalue weighted by Gasteiger charge is 2.08. The second-order valence-corrected chi connectivity index (χ2v) is 12.5. The summed E-state index contributed by atoms with van der Waals surface area (Å²) in [6, 6.07) is 31.7. The van der Waals surface area contributed by atoms with E-state index in [1.165, 1.54) is 16.7 Å². The van der Waals surface area contributed by atoms with Crippen molar-refractivity contribution < 1.29 is 28.1 Å². The Morgan fingerprint density at radius 1 is 0.405 bits per heavy atom. The summed E-state index contributed by atoms with van der Waals surface area (Å²) in [6.45, 7) is 3.29. The molecular formula is C30H48N3O3P. The molecule has 0 fully saturated rings. The molecule has 0 aliphatic rings. The average Bonchev–Trinajstić information content (AvgIpc) is 2.73. The van der Waals surface area contributed by atoms with Gasteiger partial charge in [-0.2, -0.15) is 0 Å². The number of quaternary nitrogens is 3. The summed E-state index contributed by atoms with van der Waals surface area (Å²) < 4.78 is 2.97. The number of hydrogen-bond donors (Lipinski definition) is 0. The lowest BCUT2D eigenvalue weighted by molar-refractivity contribution is -0.884. The Bertz CT molecular complexity index is 810. The first-order valence-electron chi connectivity index (χ1n) is 12.3. The number of hydrogen-bond acceptors (Lipinski definition) is 3. The van der Waals surface area contributed by atoms with Crippen molar-refractivity contribution in [3.63, 3.8) is 0 Å². The van der Waals surface area contributed by atoms with E-state index in [0.29, 0.717) is 0 Å². The van der Waals surface area contributed by atoms with E-state index in [1.54, 1.807) is 0 Å². The van der Waals surface area contributed by atoms with Crippen molar-refractivity contribution >= 4 is 8.60 Å². The highest BCUT2D eigenvalue weighted by Crippen LogP contribution is 2.06. The van der Waals surface area contributed by atoms with E-state index < -0.39 is 8.60 Å². The van der Waals surface area contributed by atoms with E-state index in [0.717, 1.165) is 33.1 Å². The van der Waals surface area contributed by atoms with Crippen LogP contribution in [-0.2, 0) is 19.6 Å². The summed E-state index contributed by atoms with van der Waals surface area (Å²) in [5.41, 5.74) is 4.21. The molecule has 0 spiro atoms. The maximum Gasteiger partial charge on any atom is 0.104 e. The maximum absolute atomic E-state index is 8.48. The van der Waals surface area contributed by atoms with Gasteiger partial charge in [-0.05, 0) is 0 Å². The normalized spacial score (nSPS) is 11.3. The summed E-state index contributed by atoms with van der Waals surface area (Å²) in [5.74, 6) is 0. The van der Waals surface area contributed by atoms with Crippen LogP contribution in [0.5, 0.6) is 0 Å². The highest BCUT2D eigenvalue weighted by atomic mass is 31.2. The van der Waals surface area contributed by atoms with Gasteiger partial charge in [0.25, 0.3) is 0 Å². The Balaban J connectivity index is 0.000000490. The standard InChI is InChI=1S/3C10H16N.O3P/c3*1-11(2,3)9-10-7-5-4-6-8-10;1-4(2)3/h3*4-8H,9H2,1-3H3;/q3*+1;-3. The fraction of sp³-hybridized carbons (Fsp3) is 0.400. The van der Waals surface area contributed by atoms with Gasteiger partial charge >= 0.3 is 0 Å². The van der Waals surface area contributed by atoms with E-state index in [1.807, 2.05) is 0 Å². The van der Waals surface area contributed by atoms with Gasteiger partial charge in [0.15, 0.2) is 0 Å². The third-order valence-electron chi connectivity index (χ3n) is 4.50. The van der Waals surface area contributed by atoms with Crippen molar-refractivity contribution in [2.24, 2.45) is 0 Å². The van der Waals surface area contributed by atoms with Crippen LogP contribution in [0.2, 0.25) is 0 Å². The average molecular weight is 530 g/mol. The van der Waals surface area contributed by atoms with Crippen LogP contribution < -0.4 is 14.7 Å². The fourth-order valence-corrected chi connectivity index (χ4v) is 3.39. The van der Waals surface area contributed by atoms with Crippen molar-refractivity contribution in [3.8, 4) is 0 Å². The van der Waals surface area contributed by atoms with Crippen LogP contribution in [0.15, 0.2) is 91.0 Å². The van der Waals surface area contributed by atoms with E-state index in [9.17, 15) is 0 Å². The molecule has 37 heavy (non-hydrogen) atoms. The minimum atomic E-state index is -3.37. The molecule has 0 saturated carbocycles. The van der Waals surface area contributed by atoms with Crippen molar-refractivity contribution in [3.05, 3.63) is 108 Å². The molecule has 3 aromatic carbocycles. The van der Waals surface area contributed by atoms with Gasteiger partial charge in [-0.15, -0.1) is 0 Å². The van der Waals surface area contributed by atoms with Gasteiger partial charge in [0, 0.05) is 16.7 Å². The molecule has 0 bridgehead atoms. The second-order valence-electron chi connectivity index (χ2n) is 12.0. The first kappa shape index (κ1) is 34.9. The largest absolute Gasteiger partial charge is 0.854 e. The molecule has 0 unspecified atom stereocenters. The molecule has 0 saturated heterocycles. The van der Waals surface area contributed by atoms with Crippen LogP contribution in [0.25, 0.3) is 0 Å². The molecule has 206 valence electrons. The molecule has 3 aromatic rings. The van der Waals surface area contributed by atoms with Gasteiger partial charge in [0.05, 0.1) is 63.4 Å². The minimum Gasteiger partial charge on any atom is -0.854 e. The monoisotopic (exact) mass is 529 g/mol. The Kier molecular flexibility index (Phi) is 16.4. The lowest BCUT2D eigenvalue weighted by Gasteiger charge is -2.39. The first-order valence-corrected chi connectivity index (χ1v) is 13.4. The molecule has 0 aliphatic heterocycles. The van der Waals surface area contributed by atoms with Crippen LogP contribution in [0.1, 0.15) is 16.7 Å². The van der Waals surface area contributed by atoms with E-state index in [-0.39, 0.29) is 0 Å². The summed E-state index contributed by atoms with van der Waals surface area (Å²) in [4.78, 5) is 25.4. The molecule has 0 radical (unpaired) electrons. The van der Waals surface area contributed by atoms with Gasteiger partial charge in [0.1, 0.15) is 19.6 Å². The molecule has 0 N–H and O–H groups in total. The molecule has 0 amide bonds. The van der Waals surface area contributed by atoms with E-state index in [2.05, 4.69) is 154 Å². The third-order valence-corrected chi connectivity index (χ3v) is 4.50. The predicted molar refractivity (Wildman–Crippen MR) is 151 cm³/mol. The first-order chi connectivity index (χ1) is 17.0. The molecule has 0 heterocycles. The zero-order valence-corrected chi connectivity index (χ0v) is 25.2. The second kappa shape index (κ2) is 17.4. The van der Waals surface area contributed by atoms with Crippen LogP contribution in [0.4, 0.5) is 0 Å². The lowest BCUT2D eigenvalue weighted by atomic mass is 10.2. The SMILES string of the molecule is C[N+](C)(C)Cc1ccccc1.C[N+](C)(C)Cc1ccccc1.C[N+](C)(C)Cc1ccccc1.[O-]P([O-])[O-]. The van der Waals surface area contributed by atoms with Gasteiger partial charge < -0.3 is 36.7 Å². The van der Waals surface area contributed by atoms with Crippen LogP contribution in [0.3, 0.4) is 0 Å². The summed E-state index contributed by atoms with van der Waals surface area (Å²) in [7, 11) is 16.4. The van der Waals surface area contributed by atoms with Gasteiger partial charge in [0.2, 0.25) is 0 Å². The molecule has 7 heteroatoms. The van der Waals surface area contributed by atoms with Crippen LogP contribution in [0, 0.1) is 0 Å². The van der Waals surface area contributed by atoms with Crippen molar-refractivity contribution in [1.82, 2.24) is 0 Å². The quantitative estimate of drug-likeness (QED) is 0.364. The zero-order chi connectivity index (χ0) is 28.5. The Morgan fingerprint density at radius 2 is 0.568 bits per heavy atom. The summed E-state index contributed by atoms with van der Waals surface area (Å²) >= 11 is 0. The Morgan fingerprint density at radius 3 is 0.703 bits per heavy atom. The molecule has 0 atom stereocenters. The third kappa shape index (κ3) is 25.3.